The van der Waals surface area contributed by atoms with Gasteiger partial charge in [-0.25, -0.2) is 4.79 Å². The highest BCUT2D eigenvalue weighted by Crippen LogP contribution is 2.30. The number of urea groups is 1. The fraction of sp³-hybridized carbons (Fsp3) is 0.750. The quantitative estimate of drug-likeness (QED) is 0.316. The fourth-order valence-electron chi connectivity index (χ4n) is 3.29. The number of carbonyl (C=O) groups excluding carboxylic acids is 3. The summed E-state index contributed by atoms with van der Waals surface area (Å²) in [5, 5.41) is 3.60. The predicted octanol–water partition coefficient (Wildman–Crippen LogP) is -2.25. The Morgan fingerprint density at radius 2 is 1.92 bits per heavy atom. The van der Waals surface area contributed by atoms with Gasteiger partial charge in [-0.15, -0.1) is 4.28 Å². The molecule has 2 bridgehead atoms. The molecular weight excluding hydrogens is 358 g/mol. The van der Waals surface area contributed by atoms with Crippen molar-refractivity contribution in [1.29, 1.82) is 0 Å². The molecule has 0 aromatic rings. The van der Waals surface area contributed by atoms with Crippen molar-refractivity contribution in [1.82, 2.24) is 26.1 Å². The molecule has 3 aliphatic heterocycles. The molecule has 0 aromatic heterocycles. The molecule has 3 rings (SSSR count). The number of hydrogen-bond acceptors (Lipinski definition) is 7. The lowest BCUT2D eigenvalue weighted by atomic mass is 10.0. The largest absolute Gasteiger partial charge is 0.418 e. The first-order chi connectivity index (χ1) is 11.8. The maximum absolute atomic E-state index is 12.3. The summed E-state index contributed by atoms with van der Waals surface area (Å²) >= 11 is 0. The van der Waals surface area contributed by atoms with Crippen LogP contribution in [0.1, 0.15) is 19.3 Å². The Kier molecular flexibility index (Phi) is 4.81. The van der Waals surface area contributed by atoms with Gasteiger partial charge in [0.25, 0.3) is 5.91 Å². The molecular formula is C12H19N5O7S. The van der Waals surface area contributed by atoms with E-state index in [0.717, 1.165) is 11.4 Å². The second-order valence-corrected chi connectivity index (χ2v) is 7.18. The standard InChI is InChI=1S/C12H19N5O7S/c18-10(7-3-4-13-5-7)14-15-11(19)9-2-1-8-6-16(9)12(20)17(8)24-25(21,22)23/h7-9,13H,1-6H2,(H,14,18)(H,15,19)(H,21,22,23)/t7-,8+,9+/m1/s1. The lowest BCUT2D eigenvalue weighted by Crippen LogP contribution is -2.55. The highest BCUT2D eigenvalue weighted by atomic mass is 32.3. The number of nitrogens with zero attached hydrogens (tertiary/aromatic N) is 2. The van der Waals surface area contributed by atoms with E-state index in [1.165, 1.54) is 0 Å². The van der Waals surface area contributed by atoms with Gasteiger partial charge < -0.3 is 10.2 Å². The van der Waals surface area contributed by atoms with Gasteiger partial charge in [0.15, 0.2) is 0 Å². The van der Waals surface area contributed by atoms with E-state index in [0.29, 0.717) is 24.4 Å². The molecule has 0 saturated carbocycles. The summed E-state index contributed by atoms with van der Waals surface area (Å²) in [6.45, 7) is 1.37. The number of nitrogens with one attached hydrogen (secondary N) is 3. The van der Waals surface area contributed by atoms with Gasteiger partial charge in [0.1, 0.15) is 6.04 Å². The first kappa shape index (κ1) is 17.8. The Morgan fingerprint density at radius 1 is 1.20 bits per heavy atom. The van der Waals surface area contributed by atoms with Gasteiger partial charge in [0.2, 0.25) is 5.91 Å². The summed E-state index contributed by atoms with van der Waals surface area (Å²) in [7, 11) is -4.83. The second-order valence-electron chi connectivity index (χ2n) is 6.18. The van der Waals surface area contributed by atoms with E-state index >= 15 is 0 Å². The molecule has 3 heterocycles. The van der Waals surface area contributed by atoms with Crippen molar-refractivity contribution in [3.05, 3.63) is 0 Å². The Morgan fingerprint density at radius 3 is 2.56 bits per heavy atom. The minimum Gasteiger partial charge on any atom is -0.316 e. The number of hydroxylamine groups is 2. The molecule has 4 amide bonds. The summed E-state index contributed by atoms with van der Waals surface area (Å²) < 4.78 is 34.7. The Balaban J connectivity index is 1.57. The molecule has 3 fully saturated rings. The highest BCUT2D eigenvalue weighted by Gasteiger charge is 2.49. The average Bonchev–Trinajstić information content (AvgIpc) is 3.16. The maximum atomic E-state index is 12.3. The lowest BCUT2D eigenvalue weighted by molar-refractivity contribution is -0.133. The van der Waals surface area contributed by atoms with Crippen LogP contribution in [0.5, 0.6) is 0 Å². The summed E-state index contributed by atoms with van der Waals surface area (Å²) in [5.41, 5.74) is 4.66. The molecule has 3 atom stereocenters. The molecule has 3 saturated heterocycles. The van der Waals surface area contributed by atoms with E-state index in [-0.39, 0.29) is 24.8 Å². The fourth-order valence-corrected chi connectivity index (χ4v) is 3.68. The van der Waals surface area contributed by atoms with Gasteiger partial charge in [-0.2, -0.15) is 13.5 Å². The van der Waals surface area contributed by atoms with Crippen molar-refractivity contribution in [3.8, 4) is 0 Å². The molecule has 140 valence electrons. The number of rotatable bonds is 4. The van der Waals surface area contributed by atoms with Gasteiger partial charge in [-0.05, 0) is 25.8 Å². The van der Waals surface area contributed by atoms with Crippen molar-refractivity contribution in [3.63, 3.8) is 0 Å². The lowest BCUT2D eigenvalue weighted by Gasteiger charge is -2.29. The van der Waals surface area contributed by atoms with Crippen molar-refractivity contribution in [2.45, 2.75) is 31.3 Å². The third-order valence-corrected chi connectivity index (χ3v) is 4.89. The van der Waals surface area contributed by atoms with Crippen LogP contribution in [-0.4, -0.2) is 72.5 Å². The van der Waals surface area contributed by atoms with Gasteiger partial charge in [-0.1, -0.05) is 0 Å². The molecule has 13 heteroatoms. The molecule has 12 nitrogen and oxygen atoms in total. The number of amides is 4. The van der Waals surface area contributed by atoms with Crippen LogP contribution in [0.3, 0.4) is 0 Å². The molecule has 25 heavy (non-hydrogen) atoms. The zero-order chi connectivity index (χ0) is 18.2. The van der Waals surface area contributed by atoms with E-state index in [4.69, 9.17) is 4.55 Å². The van der Waals surface area contributed by atoms with Crippen LogP contribution in [0.4, 0.5) is 4.79 Å². The molecule has 0 unspecified atom stereocenters. The van der Waals surface area contributed by atoms with E-state index in [1.807, 2.05) is 0 Å². The summed E-state index contributed by atoms with van der Waals surface area (Å²) in [5.74, 6) is -1.10. The Labute approximate surface area is 143 Å². The van der Waals surface area contributed by atoms with Crippen LogP contribution in [0.25, 0.3) is 0 Å². The number of fused-ring (bicyclic) bond motifs is 2. The molecule has 0 aromatic carbocycles. The number of hydrazine groups is 1. The zero-order valence-corrected chi connectivity index (χ0v) is 14.0. The van der Waals surface area contributed by atoms with Crippen LogP contribution < -0.4 is 16.2 Å². The van der Waals surface area contributed by atoms with Crippen LogP contribution in [0.15, 0.2) is 0 Å². The SMILES string of the molecule is O=C(NNC(=O)[C@@H]1CC[C@H]2CN1C(=O)N2OS(=O)(=O)O)[C@@H]1CCNC1. The van der Waals surface area contributed by atoms with Gasteiger partial charge in [0.05, 0.1) is 12.0 Å². The van der Waals surface area contributed by atoms with Crippen molar-refractivity contribution >= 4 is 28.2 Å². The van der Waals surface area contributed by atoms with Crippen molar-refractivity contribution < 1.29 is 31.6 Å². The van der Waals surface area contributed by atoms with Gasteiger partial charge in [-0.3, -0.25) is 25.0 Å². The van der Waals surface area contributed by atoms with E-state index < -0.39 is 34.4 Å². The monoisotopic (exact) mass is 377 g/mol. The highest BCUT2D eigenvalue weighted by molar-refractivity contribution is 7.80. The molecule has 3 aliphatic rings. The van der Waals surface area contributed by atoms with E-state index in [1.54, 1.807) is 0 Å². The van der Waals surface area contributed by atoms with Crippen LogP contribution in [-0.2, 0) is 24.3 Å². The average molecular weight is 377 g/mol. The second kappa shape index (κ2) is 6.74. The van der Waals surface area contributed by atoms with Crippen LogP contribution in [0, 0.1) is 5.92 Å². The molecule has 4 N–H and O–H groups in total. The third-order valence-electron chi connectivity index (χ3n) is 4.54. The maximum Gasteiger partial charge on any atom is 0.418 e. The molecule has 0 aliphatic carbocycles. The topological polar surface area (TPSA) is 157 Å². The van der Waals surface area contributed by atoms with Crippen molar-refractivity contribution in [2.24, 2.45) is 5.92 Å². The van der Waals surface area contributed by atoms with Gasteiger partial charge >= 0.3 is 16.4 Å². The first-order valence-electron chi connectivity index (χ1n) is 7.83. The molecule has 0 spiro atoms. The third kappa shape index (κ3) is 3.84. The van der Waals surface area contributed by atoms with Crippen molar-refractivity contribution in [2.75, 3.05) is 19.6 Å². The Hall–Kier alpha value is -1.96. The van der Waals surface area contributed by atoms with E-state index in [9.17, 15) is 22.8 Å². The Bertz CT molecular complexity index is 677. The summed E-state index contributed by atoms with van der Waals surface area (Å²) in [6.07, 6.45) is 1.27. The normalized spacial score (nSPS) is 29.0. The van der Waals surface area contributed by atoms with Crippen LogP contribution in [0.2, 0.25) is 0 Å². The predicted molar refractivity (Wildman–Crippen MR) is 80.6 cm³/mol. The number of hydrogen-bond donors (Lipinski definition) is 4. The summed E-state index contributed by atoms with van der Waals surface area (Å²) in [4.78, 5) is 37.5. The zero-order valence-electron chi connectivity index (χ0n) is 13.2. The number of carbonyl (C=O) groups is 3. The number of piperidine rings is 1. The minimum absolute atomic E-state index is 0.0902. The van der Waals surface area contributed by atoms with Crippen LogP contribution >= 0.6 is 0 Å². The van der Waals surface area contributed by atoms with E-state index in [2.05, 4.69) is 20.5 Å². The first-order valence-corrected chi connectivity index (χ1v) is 9.20. The van der Waals surface area contributed by atoms with Gasteiger partial charge in [0, 0.05) is 13.1 Å². The smallest absolute Gasteiger partial charge is 0.316 e. The minimum atomic E-state index is -4.83. The molecule has 0 radical (unpaired) electrons. The summed E-state index contributed by atoms with van der Waals surface area (Å²) in [6, 6.07) is -2.26.